The van der Waals surface area contributed by atoms with E-state index >= 15 is 0 Å². The molecular formula is C49H44O15. The molecule has 5 aromatic rings. The van der Waals surface area contributed by atoms with E-state index in [1.54, 1.807) is 116 Å². The fourth-order valence-corrected chi connectivity index (χ4v) is 8.91. The first-order chi connectivity index (χ1) is 31.2. The molecule has 0 radical (unpaired) electrons. The van der Waals surface area contributed by atoms with Gasteiger partial charge in [0.1, 0.15) is 0 Å². The Kier molecular flexibility index (Phi) is 11.8. The second-order valence-corrected chi connectivity index (χ2v) is 15.6. The van der Waals surface area contributed by atoms with Gasteiger partial charge in [0, 0.05) is 11.8 Å². The Morgan fingerprint density at radius 3 is 1.61 bits per heavy atom. The molecule has 0 aromatic heterocycles. The van der Waals surface area contributed by atoms with Crippen LogP contribution in [0.1, 0.15) is 66.7 Å². The quantitative estimate of drug-likeness (QED) is 0.0941. The molecule has 2 fully saturated rings. The maximum atomic E-state index is 14.1. The van der Waals surface area contributed by atoms with Gasteiger partial charge in [-0.15, -0.1) is 0 Å². The lowest BCUT2D eigenvalue weighted by Gasteiger charge is -2.46. The molecule has 0 bridgehead atoms. The fraction of sp³-hybridized carbons (Fsp3) is 0.306. The van der Waals surface area contributed by atoms with E-state index in [1.807, 2.05) is 6.07 Å². The van der Waals surface area contributed by atoms with Gasteiger partial charge in [0.15, 0.2) is 47.6 Å². The predicted octanol–water partition coefficient (Wildman–Crippen LogP) is 6.86. The van der Waals surface area contributed by atoms with Crippen LogP contribution >= 0.6 is 0 Å². The van der Waals surface area contributed by atoms with E-state index in [4.69, 9.17) is 52.1 Å². The molecule has 3 heterocycles. The summed E-state index contributed by atoms with van der Waals surface area (Å²) in [5.41, 5.74) is 2.52. The number of benzene rings is 5. The third-order valence-electron chi connectivity index (χ3n) is 11.9. The molecule has 64 heavy (non-hydrogen) atoms. The van der Waals surface area contributed by atoms with Crippen molar-refractivity contribution in [1.29, 1.82) is 0 Å². The zero-order valence-corrected chi connectivity index (χ0v) is 35.2. The summed E-state index contributed by atoms with van der Waals surface area (Å²) in [5, 5.41) is 0. The van der Waals surface area contributed by atoms with Gasteiger partial charge in [0.2, 0.25) is 12.5 Å². The van der Waals surface area contributed by atoms with Gasteiger partial charge in [-0.25, -0.2) is 14.4 Å². The average molecular weight is 873 g/mol. The van der Waals surface area contributed by atoms with Crippen molar-refractivity contribution < 1.29 is 71.3 Å². The molecule has 0 amide bonds. The van der Waals surface area contributed by atoms with Crippen molar-refractivity contribution in [3.8, 4) is 28.7 Å². The van der Waals surface area contributed by atoms with E-state index in [9.17, 15) is 19.2 Å². The Morgan fingerprint density at radius 1 is 0.594 bits per heavy atom. The highest BCUT2D eigenvalue weighted by Crippen LogP contribution is 2.57. The molecule has 0 unspecified atom stereocenters. The highest BCUT2D eigenvalue weighted by molar-refractivity contribution is 5.91. The number of methoxy groups -OCH3 is 3. The number of hydrogen-bond donors (Lipinski definition) is 0. The molecule has 0 saturated carbocycles. The van der Waals surface area contributed by atoms with Crippen molar-refractivity contribution >= 4 is 23.9 Å². The van der Waals surface area contributed by atoms with Crippen LogP contribution in [-0.4, -0.2) is 89.3 Å². The summed E-state index contributed by atoms with van der Waals surface area (Å²) in [5.74, 6) is -2.89. The lowest BCUT2D eigenvalue weighted by Crippen LogP contribution is -2.61. The third-order valence-corrected chi connectivity index (χ3v) is 11.9. The van der Waals surface area contributed by atoms with E-state index in [0.29, 0.717) is 45.4 Å². The number of ether oxygens (including phenoxy) is 11. The van der Waals surface area contributed by atoms with Crippen LogP contribution in [0.25, 0.3) is 0 Å². The Hall–Kier alpha value is -7.10. The van der Waals surface area contributed by atoms with Gasteiger partial charge in [0.05, 0.1) is 62.8 Å². The molecule has 3 aliphatic heterocycles. The van der Waals surface area contributed by atoms with E-state index in [0.717, 1.165) is 0 Å². The first-order valence-corrected chi connectivity index (χ1v) is 20.7. The Balaban J connectivity index is 1.16. The van der Waals surface area contributed by atoms with E-state index < -0.39 is 78.4 Å². The highest BCUT2D eigenvalue weighted by atomic mass is 16.7. The smallest absolute Gasteiger partial charge is 0.338 e. The molecule has 15 heteroatoms. The highest BCUT2D eigenvalue weighted by Gasteiger charge is 2.57. The molecule has 9 atom stereocenters. The number of rotatable bonds is 12. The molecule has 5 aromatic carbocycles. The molecule has 330 valence electrons. The predicted molar refractivity (Wildman–Crippen MR) is 224 cm³/mol. The van der Waals surface area contributed by atoms with Crippen molar-refractivity contribution in [1.82, 2.24) is 0 Å². The van der Waals surface area contributed by atoms with Crippen molar-refractivity contribution in [2.24, 2.45) is 11.8 Å². The molecule has 15 nitrogen and oxygen atoms in total. The molecule has 9 rings (SSSR count). The Labute approximate surface area is 367 Å². The Morgan fingerprint density at radius 2 is 1.09 bits per heavy atom. The number of hydrogen-bond acceptors (Lipinski definition) is 15. The molecular weight excluding hydrogens is 829 g/mol. The van der Waals surface area contributed by atoms with E-state index in [-0.39, 0.29) is 30.1 Å². The normalized spacial score (nSPS) is 25.2. The summed E-state index contributed by atoms with van der Waals surface area (Å²) in [6, 6.07) is 31.9. The van der Waals surface area contributed by atoms with Crippen LogP contribution in [0.2, 0.25) is 0 Å². The SMILES string of the molecule is COc1cc([C@@H]2c3cc4c(cc3[C@@H](O[C@@H]3O[C@@H](C)[C@H](OC(=O)c5ccccc5)[C@@H](OC(=O)c5ccccc5)[C@H]3OC(=O)c3ccccc3)[C@H]3COC(=O)[C@H]23)OCO4)cc(OC)c1OC. The van der Waals surface area contributed by atoms with Crippen molar-refractivity contribution in [2.45, 2.75) is 49.7 Å². The van der Waals surface area contributed by atoms with Gasteiger partial charge in [-0.1, -0.05) is 54.6 Å². The third kappa shape index (κ3) is 7.92. The number of esters is 4. The molecule has 4 aliphatic rings. The molecule has 2 saturated heterocycles. The summed E-state index contributed by atoms with van der Waals surface area (Å²) >= 11 is 0. The second kappa shape index (κ2) is 17.9. The van der Waals surface area contributed by atoms with Gasteiger partial charge in [-0.3, -0.25) is 4.79 Å². The van der Waals surface area contributed by atoms with Crippen LogP contribution in [-0.2, 0) is 33.2 Å². The topological polar surface area (TPSA) is 170 Å². The van der Waals surface area contributed by atoms with E-state index in [2.05, 4.69) is 0 Å². The molecule has 0 spiro atoms. The van der Waals surface area contributed by atoms with Gasteiger partial charge in [0.25, 0.3) is 0 Å². The lowest BCUT2D eigenvalue weighted by molar-refractivity contribution is -0.308. The number of carbonyl (C=O) groups is 4. The maximum Gasteiger partial charge on any atom is 0.338 e. The number of carbonyl (C=O) groups excluding carboxylic acids is 4. The number of cyclic esters (lactones) is 1. The average Bonchev–Trinajstić information content (AvgIpc) is 3.96. The summed E-state index contributed by atoms with van der Waals surface area (Å²) in [7, 11) is 4.52. The molecule has 1 aliphatic carbocycles. The molecule has 0 N–H and O–H groups in total. The van der Waals surface area contributed by atoms with Crippen molar-refractivity contribution in [2.75, 3.05) is 34.7 Å². The lowest BCUT2D eigenvalue weighted by atomic mass is 9.66. The van der Waals surface area contributed by atoms with Crippen molar-refractivity contribution in [3.63, 3.8) is 0 Å². The van der Waals surface area contributed by atoms with Crippen LogP contribution in [0.4, 0.5) is 0 Å². The first-order valence-electron chi connectivity index (χ1n) is 20.7. The Bertz CT molecular complexity index is 2510. The van der Waals surface area contributed by atoms with Gasteiger partial charge < -0.3 is 52.1 Å². The van der Waals surface area contributed by atoms with Crippen LogP contribution < -0.4 is 23.7 Å². The van der Waals surface area contributed by atoms with E-state index in [1.165, 1.54) is 21.3 Å². The van der Waals surface area contributed by atoms with Crippen LogP contribution in [0.3, 0.4) is 0 Å². The largest absolute Gasteiger partial charge is 0.493 e. The minimum atomic E-state index is -1.55. The summed E-state index contributed by atoms with van der Waals surface area (Å²) in [6.07, 6.45) is -7.82. The van der Waals surface area contributed by atoms with Crippen LogP contribution in [0, 0.1) is 11.8 Å². The minimum Gasteiger partial charge on any atom is -0.493 e. The summed E-state index contributed by atoms with van der Waals surface area (Å²) in [6.45, 7) is 1.55. The standard InChI is InChI=1S/C49H44O15/c1-26-40(61-45(50)27-14-8-5-9-15-27)43(62-46(51)28-16-10-6-11-17-28)44(63-47(52)29-18-12-7-13-19-29)49(60-26)64-41-32-23-35-34(58-25-59-35)22-31(32)38(39-33(41)24-57-48(39)53)30-20-36(54-2)42(56-4)37(21-30)55-3/h5-23,26,33,38-41,43-44,49H,24-25H2,1-4H3/t26-,33-,38+,39-,40-,41+,43+,44+,49-/m0/s1. The van der Waals surface area contributed by atoms with Crippen LogP contribution in [0.15, 0.2) is 115 Å². The summed E-state index contributed by atoms with van der Waals surface area (Å²) in [4.78, 5) is 55.8. The van der Waals surface area contributed by atoms with Crippen molar-refractivity contribution in [3.05, 3.63) is 149 Å². The zero-order chi connectivity index (χ0) is 44.5. The number of fused-ring (bicyclic) bond motifs is 3. The second-order valence-electron chi connectivity index (χ2n) is 15.6. The zero-order valence-electron chi connectivity index (χ0n) is 35.2. The van der Waals surface area contributed by atoms with Crippen LogP contribution in [0.5, 0.6) is 28.7 Å². The van der Waals surface area contributed by atoms with Gasteiger partial charge in [-0.2, -0.15) is 0 Å². The fourth-order valence-electron chi connectivity index (χ4n) is 8.91. The van der Waals surface area contributed by atoms with Gasteiger partial charge in [-0.05, 0) is 84.3 Å². The summed E-state index contributed by atoms with van der Waals surface area (Å²) < 4.78 is 66.8. The monoisotopic (exact) mass is 872 g/mol. The first kappa shape index (κ1) is 42.2. The minimum absolute atomic E-state index is 0.0359. The maximum absolute atomic E-state index is 14.1. The van der Waals surface area contributed by atoms with Gasteiger partial charge >= 0.3 is 23.9 Å².